The van der Waals surface area contributed by atoms with E-state index in [1.54, 1.807) is 28.0 Å². The monoisotopic (exact) mass is 475 g/mol. The highest BCUT2D eigenvalue weighted by molar-refractivity contribution is 5.99. The maximum Gasteiger partial charge on any atom is 0.410 e. The standard InChI is InChI=1S/C25H29N7O3/c1-30-14-18(13-28-30)17-11-22(23(26)27-12-17)24(33)29-19-7-9-32(15-19)25(34)35-21-8-10-31(16-21)20-5-3-2-4-6-20/h2-6,11-14,19,21H,7-10,15-16H2,1H3,(H2,26,27)(H,29,33)/t19-,21+/m1/s1. The van der Waals surface area contributed by atoms with Crippen LogP contribution in [0.1, 0.15) is 23.2 Å². The number of benzene rings is 1. The van der Waals surface area contributed by atoms with E-state index in [0.29, 0.717) is 31.6 Å². The first-order valence-electron chi connectivity index (χ1n) is 11.8. The summed E-state index contributed by atoms with van der Waals surface area (Å²) in [6.45, 7) is 2.47. The van der Waals surface area contributed by atoms with Gasteiger partial charge in [0, 0.05) is 68.4 Å². The van der Waals surface area contributed by atoms with Gasteiger partial charge in [-0.1, -0.05) is 18.2 Å². The maximum absolute atomic E-state index is 12.9. The van der Waals surface area contributed by atoms with Gasteiger partial charge in [-0.2, -0.15) is 5.10 Å². The summed E-state index contributed by atoms with van der Waals surface area (Å²) in [7, 11) is 1.82. The second-order valence-corrected chi connectivity index (χ2v) is 9.04. The largest absolute Gasteiger partial charge is 0.444 e. The number of nitrogens with two attached hydrogens (primary N) is 1. The number of para-hydroxylation sites is 1. The second kappa shape index (κ2) is 9.65. The van der Waals surface area contributed by atoms with Gasteiger partial charge in [0.1, 0.15) is 11.9 Å². The van der Waals surface area contributed by atoms with E-state index in [9.17, 15) is 9.59 Å². The van der Waals surface area contributed by atoms with Crippen molar-refractivity contribution in [3.05, 3.63) is 60.6 Å². The van der Waals surface area contributed by atoms with Crippen molar-refractivity contribution in [1.29, 1.82) is 0 Å². The molecule has 2 aromatic heterocycles. The van der Waals surface area contributed by atoms with Crippen LogP contribution in [0.25, 0.3) is 11.1 Å². The number of carbonyl (C=O) groups excluding carboxylic acids is 2. The van der Waals surface area contributed by atoms with Crippen molar-refractivity contribution < 1.29 is 14.3 Å². The van der Waals surface area contributed by atoms with Gasteiger partial charge in [0.05, 0.1) is 18.3 Å². The van der Waals surface area contributed by atoms with Crippen LogP contribution < -0.4 is 16.0 Å². The Morgan fingerprint density at radius 1 is 1.09 bits per heavy atom. The van der Waals surface area contributed by atoms with Gasteiger partial charge in [-0.05, 0) is 24.6 Å². The number of ether oxygens (including phenoxy) is 1. The summed E-state index contributed by atoms with van der Waals surface area (Å²) in [4.78, 5) is 33.7. The van der Waals surface area contributed by atoms with Crippen LogP contribution in [0.4, 0.5) is 16.3 Å². The average molecular weight is 476 g/mol. The topological polar surface area (TPSA) is 119 Å². The third-order valence-corrected chi connectivity index (χ3v) is 6.52. The Labute approximate surface area is 203 Å². The molecule has 2 aliphatic heterocycles. The molecule has 0 spiro atoms. The van der Waals surface area contributed by atoms with E-state index in [1.165, 1.54) is 0 Å². The summed E-state index contributed by atoms with van der Waals surface area (Å²) in [6.07, 6.45) is 6.15. The number of aryl methyl sites for hydroxylation is 1. The van der Waals surface area contributed by atoms with Crippen LogP contribution in [0.3, 0.4) is 0 Å². The number of nitrogens with one attached hydrogen (secondary N) is 1. The van der Waals surface area contributed by atoms with E-state index < -0.39 is 0 Å². The van der Waals surface area contributed by atoms with Gasteiger partial charge in [-0.3, -0.25) is 9.48 Å². The van der Waals surface area contributed by atoms with Gasteiger partial charge in [0.2, 0.25) is 0 Å². The quantitative estimate of drug-likeness (QED) is 0.581. The van der Waals surface area contributed by atoms with Crippen LogP contribution in [0.2, 0.25) is 0 Å². The van der Waals surface area contributed by atoms with Crippen molar-refractivity contribution in [3.63, 3.8) is 0 Å². The number of nitrogen functional groups attached to an aromatic ring is 1. The highest BCUT2D eigenvalue weighted by Gasteiger charge is 2.32. The van der Waals surface area contributed by atoms with E-state index in [2.05, 4.69) is 32.4 Å². The molecule has 182 valence electrons. The fraction of sp³-hybridized carbons (Fsp3) is 0.360. The Kier molecular flexibility index (Phi) is 6.26. The first-order chi connectivity index (χ1) is 17.0. The summed E-state index contributed by atoms with van der Waals surface area (Å²) in [5.74, 6) is -0.149. The number of rotatable bonds is 5. The average Bonchev–Trinajstić information content (AvgIpc) is 3.61. The van der Waals surface area contributed by atoms with E-state index in [-0.39, 0.29) is 30.0 Å². The molecule has 2 atom stereocenters. The second-order valence-electron chi connectivity index (χ2n) is 9.04. The minimum atomic E-state index is -0.332. The molecule has 0 aliphatic carbocycles. The third-order valence-electron chi connectivity index (χ3n) is 6.52. The lowest BCUT2D eigenvalue weighted by Gasteiger charge is -2.21. The fourth-order valence-corrected chi connectivity index (χ4v) is 4.61. The number of anilines is 2. The summed E-state index contributed by atoms with van der Waals surface area (Å²) in [5, 5.41) is 7.15. The summed E-state index contributed by atoms with van der Waals surface area (Å²) in [5.41, 5.74) is 9.04. The van der Waals surface area contributed by atoms with Crippen molar-refractivity contribution in [2.24, 2.45) is 7.05 Å². The SMILES string of the molecule is Cn1cc(-c2cnc(N)c(C(=O)N[C@@H]3CCN(C(=O)O[C@H]4CCN(c5ccccc5)C4)C3)c2)cn1. The number of amides is 2. The number of carbonyl (C=O) groups is 2. The van der Waals surface area contributed by atoms with E-state index >= 15 is 0 Å². The molecule has 2 saturated heterocycles. The van der Waals surface area contributed by atoms with Gasteiger partial charge in [0.15, 0.2) is 0 Å². The molecule has 0 radical (unpaired) electrons. The van der Waals surface area contributed by atoms with Crippen LogP contribution >= 0.6 is 0 Å². The lowest BCUT2D eigenvalue weighted by molar-refractivity contribution is 0.0761. The Morgan fingerprint density at radius 3 is 2.69 bits per heavy atom. The smallest absolute Gasteiger partial charge is 0.410 e. The third kappa shape index (κ3) is 5.06. The van der Waals surface area contributed by atoms with Crippen molar-refractivity contribution >= 4 is 23.5 Å². The minimum Gasteiger partial charge on any atom is -0.444 e. The molecule has 1 aromatic carbocycles. The predicted molar refractivity (Wildman–Crippen MR) is 132 cm³/mol. The molecule has 5 rings (SSSR count). The zero-order valence-corrected chi connectivity index (χ0v) is 19.6. The number of nitrogens with zero attached hydrogens (tertiary/aromatic N) is 5. The zero-order valence-electron chi connectivity index (χ0n) is 19.6. The lowest BCUT2D eigenvalue weighted by atomic mass is 10.1. The molecule has 0 bridgehead atoms. The van der Waals surface area contributed by atoms with E-state index in [4.69, 9.17) is 10.5 Å². The Balaban J connectivity index is 1.14. The van der Waals surface area contributed by atoms with Crippen LogP contribution in [-0.2, 0) is 11.8 Å². The number of hydrogen-bond donors (Lipinski definition) is 2. The van der Waals surface area contributed by atoms with Gasteiger partial charge >= 0.3 is 6.09 Å². The van der Waals surface area contributed by atoms with Crippen molar-refractivity contribution in [3.8, 4) is 11.1 Å². The maximum atomic E-state index is 12.9. The Bertz CT molecular complexity index is 1210. The summed E-state index contributed by atoms with van der Waals surface area (Å²) < 4.78 is 7.45. The van der Waals surface area contributed by atoms with Crippen molar-refractivity contribution in [2.75, 3.05) is 36.8 Å². The summed E-state index contributed by atoms with van der Waals surface area (Å²) in [6, 6.07) is 11.7. The van der Waals surface area contributed by atoms with Crippen LogP contribution in [0.5, 0.6) is 0 Å². The molecule has 2 aliphatic rings. The lowest BCUT2D eigenvalue weighted by Crippen LogP contribution is -2.39. The number of aromatic nitrogens is 3. The first kappa shape index (κ1) is 22.7. The fourth-order valence-electron chi connectivity index (χ4n) is 4.61. The minimum absolute atomic E-state index is 0.141. The van der Waals surface area contributed by atoms with Crippen LogP contribution in [-0.4, -0.2) is 70.0 Å². The molecule has 35 heavy (non-hydrogen) atoms. The van der Waals surface area contributed by atoms with E-state index in [0.717, 1.165) is 29.8 Å². The molecule has 0 unspecified atom stereocenters. The predicted octanol–water partition coefficient (Wildman–Crippen LogP) is 2.28. The Hall–Kier alpha value is -4.08. The molecule has 0 saturated carbocycles. The first-order valence-corrected chi connectivity index (χ1v) is 11.8. The molecule has 2 fully saturated rings. The molecule has 3 N–H and O–H groups in total. The zero-order chi connectivity index (χ0) is 24.4. The highest BCUT2D eigenvalue weighted by Crippen LogP contribution is 2.24. The molecular formula is C25H29N7O3. The molecular weight excluding hydrogens is 446 g/mol. The highest BCUT2D eigenvalue weighted by atomic mass is 16.6. The van der Waals surface area contributed by atoms with Gasteiger partial charge in [0.25, 0.3) is 5.91 Å². The molecule has 10 heteroatoms. The molecule has 3 aromatic rings. The van der Waals surface area contributed by atoms with Crippen molar-refractivity contribution in [2.45, 2.75) is 25.0 Å². The normalized spacial score (nSPS) is 19.7. The summed E-state index contributed by atoms with van der Waals surface area (Å²) >= 11 is 0. The Morgan fingerprint density at radius 2 is 1.91 bits per heavy atom. The number of pyridine rings is 1. The number of likely N-dealkylation sites (tertiary alicyclic amines) is 1. The van der Waals surface area contributed by atoms with Gasteiger partial charge < -0.3 is 25.6 Å². The van der Waals surface area contributed by atoms with Crippen LogP contribution in [0, 0.1) is 0 Å². The van der Waals surface area contributed by atoms with Gasteiger partial charge in [-0.25, -0.2) is 9.78 Å². The van der Waals surface area contributed by atoms with Gasteiger partial charge in [-0.15, -0.1) is 0 Å². The number of hydrogen-bond acceptors (Lipinski definition) is 7. The molecule has 2 amide bonds. The van der Waals surface area contributed by atoms with Crippen molar-refractivity contribution in [1.82, 2.24) is 25.0 Å². The van der Waals surface area contributed by atoms with Crippen LogP contribution in [0.15, 0.2) is 55.0 Å². The van der Waals surface area contributed by atoms with E-state index in [1.807, 2.05) is 31.4 Å². The molecule has 4 heterocycles. The molecule has 10 nitrogen and oxygen atoms in total.